The summed E-state index contributed by atoms with van der Waals surface area (Å²) in [4.78, 5) is 7.80. The molecule has 1 unspecified atom stereocenters. The Morgan fingerprint density at radius 1 is 1.38 bits per heavy atom. The first-order chi connectivity index (χ1) is 7.53. The van der Waals surface area contributed by atoms with Crippen molar-refractivity contribution in [2.75, 3.05) is 18.6 Å². The fourth-order valence-corrected chi connectivity index (χ4v) is 2.30. The molecular formula is C10H17N3O2S. The largest absolute Gasteiger partial charge is 0.309 e. The third-order valence-corrected chi connectivity index (χ3v) is 3.03. The van der Waals surface area contributed by atoms with Crippen LogP contribution in [0, 0.1) is 0 Å². The van der Waals surface area contributed by atoms with Crippen molar-refractivity contribution in [3.05, 3.63) is 24.3 Å². The lowest BCUT2D eigenvalue weighted by Gasteiger charge is -2.16. The molecule has 1 heterocycles. The van der Waals surface area contributed by atoms with Crippen LogP contribution in [0.2, 0.25) is 0 Å². The van der Waals surface area contributed by atoms with Gasteiger partial charge in [-0.25, -0.2) is 18.4 Å². The van der Waals surface area contributed by atoms with Crippen molar-refractivity contribution in [2.45, 2.75) is 19.4 Å². The summed E-state index contributed by atoms with van der Waals surface area (Å²) in [7, 11) is -3.02. The molecule has 0 fully saturated rings. The Hall–Kier alpha value is -1.01. The van der Waals surface area contributed by atoms with E-state index in [1.165, 1.54) is 12.6 Å². The van der Waals surface area contributed by atoms with Gasteiger partial charge in [0.25, 0.3) is 0 Å². The van der Waals surface area contributed by atoms with Crippen LogP contribution in [0.1, 0.15) is 24.9 Å². The molecule has 0 aromatic carbocycles. The minimum atomic E-state index is -3.02. The predicted octanol–water partition coefficient (Wildman–Crippen LogP) is 0.562. The minimum Gasteiger partial charge on any atom is -0.309 e. The number of sulfone groups is 1. The van der Waals surface area contributed by atoms with E-state index in [0.717, 1.165) is 18.5 Å². The van der Waals surface area contributed by atoms with Crippen molar-refractivity contribution in [3.63, 3.8) is 0 Å². The van der Waals surface area contributed by atoms with Gasteiger partial charge in [0.05, 0.1) is 5.75 Å². The molecule has 0 saturated heterocycles. The molecule has 1 N–H and O–H groups in total. The lowest BCUT2D eigenvalue weighted by molar-refractivity contribution is 0.547. The maximum Gasteiger partial charge on any atom is 0.149 e. The molecular weight excluding hydrogens is 226 g/mol. The lowest BCUT2D eigenvalue weighted by Crippen LogP contribution is -2.28. The fourth-order valence-electron chi connectivity index (χ4n) is 1.38. The molecule has 1 aromatic rings. The van der Waals surface area contributed by atoms with Gasteiger partial charge in [-0.05, 0) is 13.0 Å². The van der Waals surface area contributed by atoms with E-state index < -0.39 is 9.84 Å². The van der Waals surface area contributed by atoms with Crippen LogP contribution in [0.15, 0.2) is 18.7 Å². The number of hydrogen-bond acceptors (Lipinski definition) is 5. The van der Waals surface area contributed by atoms with E-state index in [4.69, 9.17) is 0 Å². The quantitative estimate of drug-likeness (QED) is 0.790. The Morgan fingerprint density at radius 2 is 2.00 bits per heavy atom. The second-order valence-electron chi connectivity index (χ2n) is 3.77. The number of aromatic nitrogens is 2. The van der Waals surface area contributed by atoms with Gasteiger partial charge in [0, 0.05) is 30.3 Å². The second kappa shape index (κ2) is 5.91. The normalized spacial score (nSPS) is 13.6. The average molecular weight is 243 g/mol. The molecule has 0 aliphatic carbocycles. The van der Waals surface area contributed by atoms with Gasteiger partial charge < -0.3 is 5.32 Å². The van der Waals surface area contributed by atoms with Crippen LogP contribution in [-0.4, -0.2) is 36.9 Å². The Balaban J connectivity index is 2.79. The van der Waals surface area contributed by atoms with Crippen LogP contribution < -0.4 is 5.32 Å². The van der Waals surface area contributed by atoms with E-state index in [1.54, 1.807) is 12.4 Å². The van der Waals surface area contributed by atoms with E-state index >= 15 is 0 Å². The highest BCUT2D eigenvalue weighted by Gasteiger charge is 2.16. The van der Waals surface area contributed by atoms with Gasteiger partial charge in [-0.15, -0.1) is 0 Å². The van der Waals surface area contributed by atoms with Crippen LogP contribution >= 0.6 is 0 Å². The molecule has 0 aliphatic heterocycles. The van der Waals surface area contributed by atoms with Crippen LogP contribution in [0.3, 0.4) is 0 Å². The SMILES string of the molecule is CCCNC(CS(C)(=O)=O)c1cncnc1. The molecule has 16 heavy (non-hydrogen) atoms. The van der Waals surface area contributed by atoms with Crippen molar-refractivity contribution >= 4 is 9.84 Å². The number of nitrogens with zero attached hydrogens (tertiary/aromatic N) is 2. The van der Waals surface area contributed by atoms with E-state index in [2.05, 4.69) is 15.3 Å². The van der Waals surface area contributed by atoms with E-state index in [9.17, 15) is 8.42 Å². The first kappa shape index (κ1) is 13.1. The summed E-state index contributed by atoms with van der Waals surface area (Å²) in [6, 6.07) is -0.226. The van der Waals surface area contributed by atoms with Crippen LogP contribution in [0.25, 0.3) is 0 Å². The van der Waals surface area contributed by atoms with Gasteiger partial charge in [0.1, 0.15) is 16.2 Å². The molecule has 6 heteroatoms. The first-order valence-corrected chi connectivity index (χ1v) is 7.25. The summed E-state index contributed by atoms with van der Waals surface area (Å²) in [6.07, 6.45) is 6.91. The maximum absolute atomic E-state index is 11.3. The second-order valence-corrected chi connectivity index (χ2v) is 5.96. The van der Waals surface area contributed by atoms with Crippen molar-refractivity contribution < 1.29 is 8.42 Å². The summed E-state index contributed by atoms with van der Waals surface area (Å²) in [5.41, 5.74) is 0.807. The van der Waals surface area contributed by atoms with Gasteiger partial charge in [0.2, 0.25) is 0 Å². The fraction of sp³-hybridized carbons (Fsp3) is 0.600. The van der Waals surface area contributed by atoms with Crippen molar-refractivity contribution in [1.29, 1.82) is 0 Å². The zero-order valence-electron chi connectivity index (χ0n) is 9.55. The first-order valence-electron chi connectivity index (χ1n) is 5.19. The summed E-state index contributed by atoms with van der Waals surface area (Å²) >= 11 is 0. The van der Waals surface area contributed by atoms with Crippen LogP contribution in [0.5, 0.6) is 0 Å². The van der Waals surface area contributed by atoms with Crippen LogP contribution in [-0.2, 0) is 9.84 Å². The zero-order valence-corrected chi connectivity index (χ0v) is 10.4. The van der Waals surface area contributed by atoms with Crippen molar-refractivity contribution in [2.24, 2.45) is 0 Å². The molecule has 0 amide bonds. The maximum atomic E-state index is 11.3. The number of hydrogen-bond donors (Lipinski definition) is 1. The molecule has 0 saturated carbocycles. The summed E-state index contributed by atoms with van der Waals surface area (Å²) < 4.78 is 22.6. The van der Waals surface area contributed by atoms with Gasteiger partial charge in [-0.2, -0.15) is 0 Å². The molecule has 90 valence electrons. The van der Waals surface area contributed by atoms with Crippen LogP contribution in [0.4, 0.5) is 0 Å². The lowest BCUT2D eigenvalue weighted by atomic mass is 10.2. The summed E-state index contributed by atoms with van der Waals surface area (Å²) in [6.45, 7) is 2.81. The van der Waals surface area contributed by atoms with E-state index in [1.807, 2.05) is 6.92 Å². The topological polar surface area (TPSA) is 72.0 Å². The summed E-state index contributed by atoms with van der Waals surface area (Å²) in [5, 5.41) is 3.18. The zero-order chi connectivity index (χ0) is 12.0. The number of rotatable bonds is 6. The Morgan fingerprint density at radius 3 is 2.50 bits per heavy atom. The van der Waals surface area contributed by atoms with E-state index in [0.29, 0.717) is 0 Å². The Kier molecular flexibility index (Phi) is 4.82. The molecule has 1 rings (SSSR count). The highest BCUT2D eigenvalue weighted by atomic mass is 32.2. The molecule has 0 radical (unpaired) electrons. The average Bonchev–Trinajstić information content (AvgIpc) is 2.24. The third kappa shape index (κ3) is 4.67. The standard InChI is InChI=1S/C10H17N3O2S/c1-3-4-13-10(7-16(2,14)15)9-5-11-8-12-6-9/h5-6,8,10,13H,3-4,7H2,1-2H3. The molecule has 0 spiro atoms. The van der Waals surface area contributed by atoms with Crippen molar-refractivity contribution in [3.8, 4) is 0 Å². The predicted molar refractivity (Wildman–Crippen MR) is 62.8 cm³/mol. The summed E-state index contributed by atoms with van der Waals surface area (Å²) in [5.74, 6) is 0.0698. The molecule has 1 aromatic heterocycles. The number of nitrogens with one attached hydrogen (secondary N) is 1. The molecule has 1 atom stereocenters. The highest BCUT2D eigenvalue weighted by Crippen LogP contribution is 2.12. The highest BCUT2D eigenvalue weighted by molar-refractivity contribution is 7.90. The van der Waals surface area contributed by atoms with Crippen molar-refractivity contribution in [1.82, 2.24) is 15.3 Å². The molecule has 0 aliphatic rings. The smallest absolute Gasteiger partial charge is 0.149 e. The third-order valence-electron chi connectivity index (χ3n) is 2.09. The van der Waals surface area contributed by atoms with Gasteiger partial charge >= 0.3 is 0 Å². The van der Waals surface area contributed by atoms with E-state index in [-0.39, 0.29) is 11.8 Å². The molecule has 5 nitrogen and oxygen atoms in total. The monoisotopic (exact) mass is 243 g/mol. The minimum absolute atomic E-state index is 0.0698. The van der Waals surface area contributed by atoms with Gasteiger partial charge in [-0.1, -0.05) is 6.92 Å². The Bertz CT molecular complexity index is 405. The Labute approximate surface area is 96.2 Å². The molecule has 0 bridgehead atoms. The van der Waals surface area contributed by atoms with Gasteiger partial charge in [0.15, 0.2) is 0 Å². The van der Waals surface area contributed by atoms with Gasteiger partial charge in [-0.3, -0.25) is 0 Å².